The van der Waals surface area contributed by atoms with E-state index in [9.17, 15) is 0 Å². The topological polar surface area (TPSA) is 12.9 Å². The van der Waals surface area contributed by atoms with Crippen molar-refractivity contribution in [1.82, 2.24) is 4.98 Å². The molecule has 1 heterocycles. The molecule has 0 spiro atoms. The maximum absolute atomic E-state index is 4.13. The minimum Gasteiger partial charge on any atom is -0.264 e. The maximum Gasteiger partial charge on any atom is 0.0305 e. The van der Waals surface area contributed by atoms with Crippen LogP contribution in [0, 0.1) is 0 Å². The Bertz CT molecular complexity index is 341. The van der Waals surface area contributed by atoms with E-state index in [1.807, 2.05) is 18.3 Å². The average Bonchev–Trinajstić information content (AvgIpc) is 2.30. The lowest BCUT2D eigenvalue weighted by molar-refractivity contribution is 0.911. The monoisotopic (exact) mass is 183 g/mol. The molecule has 1 atom stereocenters. The lowest BCUT2D eigenvalue weighted by atomic mass is 9.95. The molecule has 1 aromatic heterocycles. The first-order valence-electron chi connectivity index (χ1n) is 4.83. The van der Waals surface area contributed by atoms with E-state index in [4.69, 9.17) is 0 Å². The van der Waals surface area contributed by atoms with E-state index >= 15 is 0 Å². The lowest BCUT2D eigenvalue weighted by Gasteiger charge is -2.10. The number of aromatic nitrogens is 1. The van der Waals surface area contributed by atoms with Gasteiger partial charge < -0.3 is 0 Å². The van der Waals surface area contributed by atoms with Crippen molar-refractivity contribution < 1.29 is 0 Å². The van der Waals surface area contributed by atoms with Crippen LogP contribution in [0.4, 0.5) is 0 Å². The molecular weight excluding hydrogens is 170 g/mol. The van der Waals surface area contributed by atoms with Crippen LogP contribution in [-0.2, 0) is 0 Å². The van der Waals surface area contributed by atoms with Crippen molar-refractivity contribution in [3.05, 3.63) is 66.0 Å². The number of nitrogens with zero attached hydrogens (tertiary/aromatic N) is 1. The van der Waals surface area contributed by atoms with Crippen molar-refractivity contribution in [3.8, 4) is 0 Å². The first-order valence-corrected chi connectivity index (χ1v) is 4.83. The molecule has 0 bridgehead atoms. The predicted octanol–water partition coefficient (Wildman–Crippen LogP) is 3.23. The molecular formula is C13H13N. The molecule has 1 heteroatoms. The molecule has 0 fully saturated rings. The Balaban J connectivity index is 2.30. The molecule has 1 aromatic carbocycles. The zero-order valence-corrected chi connectivity index (χ0v) is 8.22. The van der Waals surface area contributed by atoms with Crippen LogP contribution in [0.1, 0.15) is 24.0 Å². The quantitative estimate of drug-likeness (QED) is 0.696. The second kappa shape index (κ2) is 4.05. The Morgan fingerprint density at radius 3 is 2.29 bits per heavy atom. The van der Waals surface area contributed by atoms with Crippen molar-refractivity contribution in [2.75, 3.05) is 0 Å². The van der Waals surface area contributed by atoms with Crippen LogP contribution < -0.4 is 0 Å². The van der Waals surface area contributed by atoms with Crippen LogP contribution in [0.15, 0.2) is 54.9 Å². The summed E-state index contributed by atoms with van der Waals surface area (Å²) in [6.45, 7) is 2.20. The summed E-state index contributed by atoms with van der Waals surface area (Å²) in [7, 11) is 0. The maximum atomic E-state index is 4.13. The van der Waals surface area contributed by atoms with Gasteiger partial charge in [-0.15, -0.1) is 0 Å². The Hall–Kier alpha value is -1.63. The standard InChI is InChI=1S/C13H13N/c1-11(12-6-3-2-4-7-12)13-8-5-9-14-10-13/h2-11H,1H3/t11-/m0/s1. The summed E-state index contributed by atoms with van der Waals surface area (Å²) >= 11 is 0. The van der Waals surface area contributed by atoms with E-state index in [0.29, 0.717) is 5.92 Å². The van der Waals surface area contributed by atoms with Crippen LogP contribution in [0.3, 0.4) is 0 Å². The Labute approximate surface area is 84.4 Å². The third-order valence-electron chi connectivity index (χ3n) is 2.48. The van der Waals surface area contributed by atoms with Gasteiger partial charge in [0.2, 0.25) is 0 Å². The summed E-state index contributed by atoms with van der Waals surface area (Å²) in [4.78, 5) is 4.13. The van der Waals surface area contributed by atoms with Crippen LogP contribution >= 0.6 is 0 Å². The van der Waals surface area contributed by atoms with Gasteiger partial charge in [-0.25, -0.2) is 0 Å². The number of pyridine rings is 1. The van der Waals surface area contributed by atoms with Gasteiger partial charge >= 0.3 is 0 Å². The molecule has 0 aliphatic heterocycles. The van der Waals surface area contributed by atoms with Crippen LogP contribution in [-0.4, -0.2) is 4.98 Å². The van der Waals surface area contributed by atoms with Gasteiger partial charge in [-0.05, 0) is 17.2 Å². The lowest BCUT2D eigenvalue weighted by Crippen LogP contribution is -1.95. The van der Waals surface area contributed by atoms with E-state index in [0.717, 1.165) is 0 Å². The van der Waals surface area contributed by atoms with Gasteiger partial charge in [0, 0.05) is 18.3 Å². The third-order valence-corrected chi connectivity index (χ3v) is 2.48. The fourth-order valence-corrected chi connectivity index (χ4v) is 1.57. The summed E-state index contributed by atoms with van der Waals surface area (Å²) in [5.74, 6) is 0.421. The second-order valence-electron chi connectivity index (χ2n) is 3.42. The highest BCUT2D eigenvalue weighted by Gasteiger charge is 2.06. The molecule has 14 heavy (non-hydrogen) atoms. The minimum atomic E-state index is 0.421. The largest absolute Gasteiger partial charge is 0.264 e. The molecule has 0 amide bonds. The summed E-state index contributed by atoms with van der Waals surface area (Å²) in [5.41, 5.74) is 2.60. The summed E-state index contributed by atoms with van der Waals surface area (Å²) in [6.07, 6.45) is 3.74. The van der Waals surface area contributed by atoms with Gasteiger partial charge in [-0.2, -0.15) is 0 Å². The van der Waals surface area contributed by atoms with Gasteiger partial charge in [0.15, 0.2) is 0 Å². The number of rotatable bonds is 2. The number of hydrogen-bond donors (Lipinski definition) is 0. The molecule has 2 rings (SSSR count). The summed E-state index contributed by atoms with van der Waals surface area (Å²) in [6, 6.07) is 14.6. The smallest absolute Gasteiger partial charge is 0.0305 e. The fraction of sp³-hybridized carbons (Fsp3) is 0.154. The van der Waals surface area contributed by atoms with Gasteiger partial charge in [0.25, 0.3) is 0 Å². The van der Waals surface area contributed by atoms with E-state index in [2.05, 4.69) is 42.2 Å². The van der Waals surface area contributed by atoms with Gasteiger partial charge in [0.05, 0.1) is 0 Å². The van der Waals surface area contributed by atoms with E-state index in [1.165, 1.54) is 11.1 Å². The summed E-state index contributed by atoms with van der Waals surface area (Å²) < 4.78 is 0. The zero-order chi connectivity index (χ0) is 9.80. The summed E-state index contributed by atoms with van der Waals surface area (Å²) in [5, 5.41) is 0. The SMILES string of the molecule is C[C@@H](c1ccccc1)c1cccnc1. The molecule has 2 aromatic rings. The molecule has 1 nitrogen and oxygen atoms in total. The van der Waals surface area contributed by atoms with Crippen molar-refractivity contribution >= 4 is 0 Å². The van der Waals surface area contributed by atoms with Crippen molar-refractivity contribution in [2.24, 2.45) is 0 Å². The molecule has 0 unspecified atom stereocenters. The first kappa shape index (κ1) is 8.95. The van der Waals surface area contributed by atoms with Gasteiger partial charge in [-0.3, -0.25) is 4.98 Å². The molecule has 0 saturated heterocycles. The van der Waals surface area contributed by atoms with Crippen molar-refractivity contribution in [2.45, 2.75) is 12.8 Å². The van der Waals surface area contributed by atoms with E-state index in [1.54, 1.807) is 6.20 Å². The fourth-order valence-electron chi connectivity index (χ4n) is 1.57. The predicted molar refractivity (Wildman–Crippen MR) is 58.2 cm³/mol. The Kier molecular flexibility index (Phi) is 2.59. The highest BCUT2D eigenvalue weighted by Crippen LogP contribution is 2.22. The molecule has 0 radical (unpaired) electrons. The highest BCUT2D eigenvalue weighted by molar-refractivity contribution is 5.29. The highest BCUT2D eigenvalue weighted by atomic mass is 14.6. The zero-order valence-electron chi connectivity index (χ0n) is 8.22. The molecule has 70 valence electrons. The number of benzene rings is 1. The average molecular weight is 183 g/mol. The third kappa shape index (κ3) is 1.82. The molecule has 0 saturated carbocycles. The van der Waals surface area contributed by atoms with Crippen molar-refractivity contribution in [3.63, 3.8) is 0 Å². The first-order chi connectivity index (χ1) is 6.88. The van der Waals surface area contributed by atoms with E-state index < -0.39 is 0 Å². The normalized spacial score (nSPS) is 12.4. The second-order valence-corrected chi connectivity index (χ2v) is 3.42. The van der Waals surface area contributed by atoms with Crippen molar-refractivity contribution in [1.29, 1.82) is 0 Å². The van der Waals surface area contributed by atoms with Crippen LogP contribution in [0.25, 0.3) is 0 Å². The van der Waals surface area contributed by atoms with Gasteiger partial charge in [0.1, 0.15) is 0 Å². The molecule has 0 aliphatic rings. The van der Waals surface area contributed by atoms with Crippen LogP contribution in [0.2, 0.25) is 0 Å². The Morgan fingerprint density at radius 1 is 0.929 bits per heavy atom. The van der Waals surface area contributed by atoms with Gasteiger partial charge in [-0.1, -0.05) is 43.3 Å². The number of hydrogen-bond acceptors (Lipinski definition) is 1. The molecule has 0 N–H and O–H groups in total. The van der Waals surface area contributed by atoms with E-state index in [-0.39, 0.29) is 0 Å². The minimum absolute atomic E-state index is 0.421. The Morgan fingerprint density at radius 2 is 1.64 bits per heavy atom. The van der Waals surface area contributed by atoms with Crippen LogP contribution in [0.5, 0.6) is 0 Å². The molecule has 0 aliphatic carbocycles.